The van der Waals surface area contributed by atoms with E-state index in [-0.39, 0.29) is 12.3 Å². The van der Waals surface area contributed by atoms with Gasteiger partial charge in [-0.1, -0.05) is 48.0 Å². The van der Waals surface area contributed by atoms with Crippen molar-refractivity contribution in [1.29, 1.82) is 0 Å². The van der Waals surface area contributed by atoms with Gasteiger partial charge in [-0.3, -0.25) is 5.32 Å². The summed E-state index contributed by atoms with van der Waals surface area (Å²) in [5, 5.41) is 1.62. The molecule has 2 aromatic rings. The van der Waals surface area contributed by atoms with Crippen LogP contribution in [0.1, 0.15) is 11.1 Å². The van der Waals surface area contributed by atoms with E-state index >= 15 is 0 Å². The smallest absolute Gasteiger partial charge is 0.417 e. The summed E-state index contributed by atoms with van der Waals surface area (Å²) in [5.41, 5.74) is -0.419. The van der Waals surface area contributed by atoms with Gasteiger partial charge in [0.15, 0.2) is 0 Å². The minimum atomic E-state index is -4.59. The maximum atomic E-state index is 12.7. The van der Waals surface area contributed by atoms with E-state index in [1.54, 1.807) is 24.3 Å². The minimum absolute atomic E-state index is 0.00323. The molecule has 0 bridgehead atoms. The third kappa shape index (κ3) is 4.14. The Morgan fingerprint density at radius 3 is 2.41 bits per heavy atom. The molecule has 22 heavy (non-hydrogen) atoms. The topological polar surface area (TPSA) is 38.3 Å². The molecular weight excluding hydrogens is 319 g/mol. The van der Waals surface area contributed by atoms with Crippen LogP contribution in [-0.2, 0) is 17.5 Å². The predicted octanol–water partition coefficient (Wildman–Crippen LogP) is 5.11. The quantitative estimate of drug-likeness (QED) is 0.850. The molecule has 116 valence electrons. The van der Waals surface area contributed by atoms with Gasteiger partial charge in [-0.15, -0.1) is 0 Å². The number of carbonyl (C=O) groups excluding carboxylic acids is 1. The number of nitrogens with one attached hydrogen (secondary N) is 1. The molecule has 0 saturated heterocycles. The number of halogens is 4. The van der Waals surface area contributed by atoms with Gasteiger partial charge in [0.1, 0.15) is 6.61 Å². The van der Waals surface area contributed by atoms with Crippen LogP contribution in [0.4, 0.5) is 23.7 Å². The number of carbonyl (C=O) groups is 1. The lowest BCUT2D eigenvalue weighted by Gasteiger charge is -2.13. The van der Waals surface area contributed by atoms with Crippen LogP contribution in [0.15, 0.2) is 48.5 Å². The molecule has 0 aliphatic rings. The Morgan fingerprint density at radius 1 is 1.09 bits per heavy atom. The number of anilines is 1. The molecule has 3 nitrogen and oxygen atoms in total. The first-order chi connectivity index (χ1) is 10.4. The molecule has 1 N–H and O–H groups in total. The summed E-state index contributed by atoms with van der Waals surface area (Å²) >= 11 is 5.66. The molecular formula is C15H11ClF3NO2. The number of alkyl halides is 3. The average molecular weight is 330 g/mol. The fourth-order valence-electron chi connectivity index (χ4n) is 1.72. The van der Waals surface area contributed by atoms with Gasteiger partial charge in [-0.2, -0.15) is 13.2 Å². The Bertz CT molecular complexity index is 660. The fourth-order valence-corrected chi connectivity index (χ4v) is 2.00. The van der Waals surface area contributed by atoms with Gasteiger partial charge in [0.05, 0.1) is 16.3 Å². The molecule has 0 saturated carbocycles. The van der Waals surface area contributed by atoms with Gasteiger partial charge in [0.25, 0.3) is 0 Å². The molecule has 0 aliphatic carbocycles. The summed E-state index contributed by atoms with van der Waals surface area (Å²) in [4.78, 5) is 11.6. The van der Waals surface area contributed by atoms with E-state index in [9.17, 15) is 18.0 Å². The second-order valence-electron chi connectivity index (χ2n) is 4.35. The largest absolute Gasteiger partial charge is 0.444 e. The Balaban J connectivity index is 2.03. The van der Waals surface area contributed by atoms with Crippen LogP contribution < -0.4 is 5.32 Å². The highest BCUT2D eigenvalue weighted by atomic mass is 35.5. The summed E-state index contributed by atoms with van der Waals surface area (Å²) in [6, 6.07) is 12.1. The number of rotatable bonds is 3. The third-order valence-corrected chi connectivity index (χ3v) is 3.16. The first kappa shape index (κ1) is 16.2. The van der Waals surface area contributed by atoms with Crippen molar-refractivity contribution < 1.29 is 22.7 Å². The third-order valence-electron chi connectivity index (χ3n) is 2.75. The molecule has 0 aromatic heterocycles. The first-order valence-electron chi connectivity index (χ1n) is 6.21. The monoisotopic (exact) mass is 329 g/mol. The highest BCUT2D eigenvalue weighted by Gasteiger charge is 2.34. The second-order valence-corrected chi connectivity index (χ2v) is 4.73. The lowest BCUT2D eigenvalue weighted by molar-refractivity contribution is -0.137. The Kier molecular flexibility index (Phi) is 4.92. The zero-order valence-corrected chi connectivity index (χ0v) is 11.9. The van der Waals surface area contributed by atoms with Gasteiger partial charge in [0, 0.05) is 0 Å². The number of hydrogen-bond donors (Lipinski definition) is 1. The van der Waals surface area contributed by atoms with E-state index in [1.807, 2.05) is 6.07 Å². The first-order valence-corrected chi connectivity index (χ1v) is 6.59. The SMILES string of the molecule is O=C(Nc1cccc(C(F)(F)F)c1Cl)OCc1ccccc1. The van der Waals surface area contributed by atoms with Crippen molar-refractivity contribution in [3.05, 3.63) is 64.7 Å². The lowest BCUT2D eigenvalue weighted by Crippen LogP contribution is -2.15. The predicted molar refractivity (Wildman–Crippen MR) is 76.7 cm³/mol. The molecule has 0 unspecified atom stereocenters. The lowest BCUT2D eigenvalue weighted by atomic mass is 10.2. The molecule has 0 heterocycles. The van der Waals surface area contributed by atoms with Crippen LogP contribution in [-0.4, -0.2) is 6.09 Å². The maximum absolute atomic E-state index is 12.7. The van der Waals surface area contributed by atoms with Gasteiger partial charge < -0.3 is 4.74 Å². The number of hydrogen-bond acceptors (Lipinski definition) is 2. The van der Waals surface area contributed by atoms with Crippen LogP contribution in [0.3, 0.4) is 0 Å². The van der Waals surface area contributed by atoms with Gasteiger partial charge >= 0.3 is 12.3 Å². The standard InChI is InChI=1S/C15H11ClF3NO2/c16-13-11(15(17,18)19)7-4-8-12(13)20-14(21)22-9-10-5-2-1-3-6-10/h1-8H,9H2,(H,20,21). The molecule has 1 amide bonds. The van der Waals surface area contributed by atoms with Crippen molar-refractivity contribution in [2.75, 3.05) is 5.32 Å². The summed E-state index contributed by atoms with van der Waals surface area (Å²) < 4.78 is 43.0. The zero-order valence-electron chi connectivity index (χ0n) is 11.2. The summed E-state index contributed by atoms with van der Waals surface area (Å²) in [6.07, 6.45) is -5.48. The molecule has 7 heteroatoms. The molecule has 0 aliphatic heterocycles. The summed E-state index contributed by atoms with van der Waals surface area (Å²) in [7, 11) is 0. The van der Waals surface area contributed by atoms with Crippen molar-refractivity contribution in [2.45, 2.75) is 12.8 Å². The minimum Gasteiger partial charge on any atom is -0.444 e. The number of benzene rings is 2. The van der Waals surface area contributed by atoms with Gasteiger partial charge in [-0.25, -0.2) is 4.79 Å². The number of ether oxygens (including phenoxy) is 1. The van der Waals surface area contributed by atoms with Crippen LogP contribution in [0.5, 0.6) is 0 Å². The van der Waals surface area contributed by atoms with Crippen LogP contribution in [0.25, 0.3) is 0 Å². The number of amides is 1. The molecule has 2 aromatic carbocycles. The normalized spacial score (nSPS) is 11.1. The van der Waals surface area contributed by atoms with Crippen LogP contribution in [0.2, 0.25) is 5.02 Å². The molecule has 0 fully saturated rings. The highest BCUT2D eigenvalue weighted by Crippen LogP contribution is 2.38. The van der Waals surface area contributed by atoms with E-state index in [1.165, 1.54) is 6.07 Å². The molecule has 0 atom stereocenters. The van der Waals surface area contributed by atoms with E-state index in [4.69, 9.17) is 16.3 Å². The van der Waals surface area contributed by atoms with Gasteiger partial charge in [0.2, 0.25) is 0 Å². The van der Waals surface area contributed by atoms with E-state index in [0.29, 0.717) is 0 Å². The summed E-state index contributed by atoms with van der Waals surface area (Å²) in [5.74, 6) is 0. The molecule has 0 spiro atoms. The van der Waals surface area contributed by atoms with Crippen molar-refractivity contribution in [3.8, 4) is 0 Å². The van der Waals surface area contributed by atoms with Crippen molar-refractivity contribution in [1.82, 2.24) is 0 Å². The Hall–Kier alpha value is -2.21. The van der Waals surface area contributed by atoms with Crippen molar-refractivity contribution in [2.24, 2.45) is 0 Å². The second kappa shape index (κ2) is 6.70. The van der Waals surface area contributed by atoms with Crippen LogP contribution >= 0.6 is 11.6 Å². The van der Waals surface area contributed by atoms with E-state index < -0.39 is 22.9 Å². The van der Waals surface area contributed by atoms with Crippen molar-refractivity contribution >= 4 is 23.4 Å². The fraction of sp³-hybridized carbons (Fsp3) is 0.133. The zero-order chi connectivity index (χ0) is 16.2. The summed E-state index contributed by atoms with van der Waals surface area (Å²) in [6.45, 7) is 0.00323. The van der Waals surface area contributed by atoms with E-state index in [2.05, 4.69) is 5.32 Å². The Labute approximate surface area is 129 Å². The Morgan fingerprint density at radius 2 is 1.77 bits per heavy atom. The average Bonchev–Trinajstić information content (AvgIpc) is 2.47. The highest BCUT2D eigenvalue weighted by molar-refractivity contribution is 6.34. The van der Waals surface area contributed by atoms with Gasteiger partial charge in [-0.05, 0) is 17.7 Å². The molecule has 0 radical (unpaired) electrons. The van der Waals surface area contributed by atoms with Crippen molar-refractivity contribution in [3.63, 3.8) is 0 Å². The molecule has 2 rings (SSSR count). The maximum Gasteiger partial charge on any atom is 0.417 e. The van der Waals surface area contributed by atoms with E-state index in [0.717, 1.165) is 17.7 Å². The van der Waals surface area contributed by atoms with Crippen LogP contribution in [0, 0.1) is 0 Å².